The van der Waals surface area contributed by atoms with Crippen LogP contribution in [-0.4, -0.2) is 72.7 Å². The molecule has 1 aromatic heterocycles. The summed E-state index contributed by atoms with van der Waals surface area (Å²) < 4.78 is 27.9. The number of hydrogen-bond donors (Lipinski definition) is 0. The summed E-state index contributed by atoms with van der Waals surface area (Å²) in [5.41, 5.74) is 1.60. The molecule has 2 aliphatic rings. The summed E-state index contributed by atoms with van der Waals surface area (Å²) in [6, 6.07) is 8.75. The van der Waals surface area contributed by atoms with E-state index in [1.807, 2.05) is 12.1 Å². The van der Waals surface area contributed by atoms with E-state index in [0.29, 0.717) is 36.2 Å². The highest BCUT2D eigenvalue weighted by molar-refractivity contribution is 9.10. The highest BCUT2D eigenvalue weighted by Crippen LogP contribution is 2.27. The second kappa shape index (κ2) is 9.13. The normalized spacial score (nSPS) is 18.6. The first-order chi connectivity index (χ1) is 14.4. The van der Waals surface area contributed by atoms with Gasteiger partial charge in [-0.15, -0.1) is 0 Å². The quantitative estimate of drug-likeness (QED) is 0.641. The van der Waals surface area contributed by atoms with Crippen LogP contribution in [0.1, 0.15) is 28.8 Å². The van der Waals surface area contributed by atoms with Crippen molar-refractivity contribution in [2.24, 2.45) is 0 Å². The fourth-order valence-corrected chi connectivity index (χ4v) is 5.89. The summed E-state index contributed by atoms with van der Waals surface area (Å²) >= 11 is 3.43. The molecular formula is C21H25BrN4O3S. The van der Waals surface area contributed by atoms with Crippen molar-refractivity contribution in [2.75, 3.05) is 39.3 Å². The number of carbonyl (C=O) groups excluding carboxylic acids is 1. The minimum atomic E-state index is -3.56. The van der Waals surface area contributed by atoms with Crippen LogP contribution in [0.5, 0.6) is 0 Å². The number of amides is 1. The molecule has 0 bridgehead atoms. The van der Waals surface area contributed by atoms with E-state index in [-0.39, 0.29) is 10.8 Å². The molecule has 0 N–H and O–H groups in total. The van der Waals surface area contributed by atoms with E-state index in [1.54, 1.807) is 29.4 Å². The molecule has 4 rings (SSSR count). The Balaban J connectivity index is 1.45. The maximum absolute atomic E-state index is 13.1. The number of aromatic nitrogens is 1. The molecule has 1 amide bonds. The van der Waals surface area contributed by atoms with Gasteiger partial charge in [0, 0.05) is 62.7 Å². The van der Waals surface area contributed by atoms with E-state index in [2.05, 4.69) is 25.8 Å². The van der Waals surface area contributed by atoms with E-state index >= 15 is 0 Å². The molecule has 9 heteroatoms. The van der Waals surface area contributed by atoms with Crippen molar-refractivity contribution in [3.63, 3.8) is 0 Å². The second-order valence-electron chi connectivity index (χ2n) is 7.68. The molecule has 30 heavy (non-hydrogen) atoms. The van der Waals surface area contributed by atoms with Gasteiger partial charge in [-0.3, -0.25) is 14.7 Å². The van der Waals surface area contributed by atoms with Gasteiger partial charge in [0.05, 0.1) is 10.5 Å². The zero-order valence-electron chi connectivity index (χ0n) is 16.7. The van der Waals surface area contributed by atoms with E-state index in [0.717, 1.165) is 32.5 Å². The van der Waals surface area contributed by atoms with Crippen molar-refractivity contribution >= 4 is 31.9 Å². The first-order valence-corrected chi connectivity index (χ1v) is 12.4. The number of halogens is 1. The molecule has 3 heterocycles. The van der Waals surface area contributed by atoms with E-state index in [1.165, 1.54) is 15.9 Å². The summed E-state index contributed by atoms with van der Waals surface area (Å²) in [7, 11) is -3.56. The number of piperazine rings is 1. The SMILES string of the molecule is O=C(c1cc(S(=O)(=O)N2CCCC2)ccc1Br)N1CCN(Cc2ccncc2)CC1. The van der Waals surface area contributed by atoms with Crippen LogP contribution in [0.15, 0.2) is 52.1 Å². The van der Waals surface area contributed by atoms with E-state index < -0.39 is 10.0 Å². The molecule has 2 fully saturated rings. The Kier molecular flexibility index (Phi) is 6.52. The Morgan fingerprint density at radius 1 is 0.967 bits per heavy atom. The van der Waals surface area contributed by atoms with Crippen molar-refractivity contribution in [3.05, 3.63) is 58.3 Å². The van der Waals surface area contributed by atoms with Crippen LogP contribution in [0.4, 0.5) is 0 Å². The van der Waals surface area contributed by atoms with Gasteiger partial charge in [0.2, 0.25) is 10.0 Å². The van der Waals surface area contributed by atoms with Gasteiger partial charge in [-0.2, -0.15) is 4.31 Å². The zero-order valence-corrected chi connectivity index (χ0v) is 19.1. The Morgan fingerprint density at radius 2 is 1.63 bits per heavy atom. The Hall–Kier alpha value is -1.81. The summed E-state index contributed by atoms with van der Waals surface area (Å²) in [5, 5.41) is 0. The fourth-order valence-electron chi connectivity index (χ4n) is 3.93. The van der Waals surface area contributed by atoms with Gasteiger partial charge in [-0.05, 0) is 64.7 Å². The van der Waals surface area contributed by atoms with Crippen LogP contribution in [0.25, 0.3) is 0 Å². The lowest BCUT2D eigenvalue weighted by Crippen LogP contribution is -2.48. The van der Waals surface area contributed by atoms with Crippen molar-refractivity contribution in [1.29, 1.82) is 0 Å². The molecule has 2 aromatic rings. The number of benzene rings is 1. The van der Waals surface area contributed by atoms with Gasteiger partial charge in [0.25, 0.3) is 5.91 Å². The highest BCUT2D eigenvalue weighted by atomic mass is 79.9. The number of pyridine rings is 1. The van der Waals surface area contributed by atoms with Crippen molar-refractivity contribution in [3.8, 4) is 0 Å². The van der Waals surface area contributed by atoms with Gasteiger partial charge >= 0.3 is 0 Å². The zero-order chi connectivity index (χ0) is 21.1. The molecule has 0 aliphatic carbocycles. The van der Waals surface area contributed by atoms with Gasteiger partial charge in [-0.25, -0.2) is 8.42 Å². The monoisotopic (exact) mass is 492 g/mol. The molecule has 7 nitrogen and oxygen atoms in total. The summed E-state index contributed by atoms with van der Waals surface area (Å²) in [5.74, 6) is -0.135. The lowest BCUT2D eigenvalue weighted by atomic mass is 10.1. The molecule has 2 saturated heterocycles. The molecule has 2 aliphatic heterocycles. The third-order valence-corrected chi connectivity index (χ3v) is 8.27. The van der Waals surface area contributed by atoms with E-state index in [9.17, 15) is 13.2 Å². The minimum absolute atomic E-state index is 0.135. The second-order valence-corrected chi connectivity index (χ2v) is 10.5. The smallest absolute Gasteiger partial charge is 0.255 e. The van der Waals surface area contributed by atoms with Crippen LogP contribution < -0.4 is 0 Å². The van der Waals surface area contributed by atoms with Crippen LogP contribution in [0.2, 0.25) is 0 Å². The highest BCUT2D eigenvalue weighted by Gasteiger charge is 2.29. The predicted octanol–water partition coefficient (Wildman–Crippen LogP) is 2.59. The first kappa shape index (κ1) is 21.4. The molecular weight excluding hydrogens is 468 g/mol. The lowest BCUT2D eigenvalue weighted by Gasteiger charge is -2.35. The van der Waals surface area contributed by atoms with Gasteiger partial charge in [-0.1, -0.05) is 0 Å². The number of rotatable bonds is 5. The average Bonchev–Trinajstić information content (AvgIpc) is 3.31. The molecule has 0 atom stereocenters. The third-order valence-electron chi connectivity index (χ3n) is 5.69. The molecule has 0 radical (unpaired) electrons. The number of sulfonamides is 1. The van der Waals surface area contributed by atoms with Crippen molar-refractivity contribution in [2.45, 2.75) is 24.3 Å². The topological polar surface area (TPSA) is 73.8 Å². The predicted molar refractivity (Wildman–Crippen MR) is 118 cm³/mol. The third kappa shape index (κ3) is 4.59. The summed E-state index contributed by atoms with van der Waals surface area (Å²) in [6.07, 6.45) is 5.34. The Labute approximate surface area is 185 Å². The minimum Gasteiger partial charge on any atom is -0.336 e. The number of nitrogens with zero attached hydrogens (tertiary/aromatic N) is 4. The molecule has 0 unspecified atom stereocenters. The van der Waals surface area contributed by atoms with Gasteiger partial charge in [0.15, 0.2) is 0 Å². The first-order valence-electron chi connectivity index (χ1n) is 10.2. The maximum atomic E-state index is 13.1. The van der Waals surface area contributed by atoms with Crippen molar-refractivity contribution in [1.82, 2.24) is 19.1 Å². The van der Waals surface area contributed by atoms with Crippen LogP contribution in [0.3, 0.4) is 0 Å². The molecule has 0 saturated carbocycles. The maximum Gasteiger partial charge on any atom is 0.255 e. The Bertz CT molecular complexity index is 1000. The Morgan fingerprint density at radius 3 is 2.30 bits per heavy atom. The van der Waals surface area contributed by atoms with Crippen LogP contribution in [0, 0.1) is 0 Å². The molecule has 160 valence electrons. The lowest BCUT2D eigenvalue weighted by molar-refractivity contribution is 0.0627. The number of hydrogen-bond acceptors (Lipinski definition) is 5. The average molecular weight is 493 g/mol. The number of carbonyl (C=O) groups is 1. The van der Waals surface area contributed by atoms with Crippen molar-refractivity contribution < 1.29 is 13.2 Å². The van der Waals surface area contributed by atoms with Gasteiger partial charge in [0.1, 0.15) is 0 Å². The molecule has 1 aromatic carbocycles. The standard InChI is InChI=1S/C21H25BrN4O3S/c22-20-4-3-18(30(28,29)26-9-1-2-10-26)15-19(20)21(27)25-13-11-24(12-14-25)16-17-5-7-23-8-6-17/h3-8,15H,1-2,9-14,16H2. The molecule has 0 spiro atoms. The van der Waals surface area contributed by atoms with Gasteiger partial charge < -0.3 is 4.90 Å². The fraction of sp³-hybridized carbons (Fsp3) is 0.429. The summed E-state index contributed by atoms with van der Waals surface area (Å²) in [6.45, 7) is 4.69. The van der Waals surface area contributed by atoms with E-state index in [4.69, 9.17) is 0 Å². The van der Waals surface area contributed by atoms with Crippen LogP contribution >= 0.6 is 15.9 Å². The largest absolute Gasteiger partial charge is 0.336 e. The van der Waals surface area contributed by atoms with Crippen LogP contribution in [-0.2, 0) is 16.6 Å². The summed E-state index contributed by atoms with van der Waals surface area (Å²) in [4.78, 5) is 21.5.